The number of nitrogens with one attached hydrogen (secondary N) is 1. The highest BCUT2D eigenvalue weighted by atomic mass is 32.2. The van der Waals surface area contributed by atoms with Crippen LogP contribution in [0.3, 0.4) is 0 Å². The van der Waals surface area contributed by atoms with Crippen LogP contribution in [0.4, 0.5) is 0 Å². The Labute approximate surface area is 131 Å². The Bertz CT molecular complexity index is 542. The fourth-order valence-electron chi connectivity index (χ4n) is 2.05. The molecule has 2 rings (SSSR count). The van der Waals surface area contributed by atoms with Crippen LogP contribution in [0.25, 0.3) is 0 Å². The zero-order chi connectivity index (χ0) is 14.9. The van der Waals surface area contributed by atoms with E-state index >= 15 is 0 Å². The highest BCUT2D eigenvalue weighted by Gasteiger charge is 2.07. The molecule has 0 fully saturated rings. The molecule has 1 atom stereocenters. The maximum Gasteiger partial charge on any atom is 0.230 e. The van der Waals surface area contributed by atoms with E-state index in [0.717, 1.165) is 5.75 Å². The van der Waals surface area contributed by atoms with Crippen LogP contribution in [0.15, 0.2) is 60.7 Å². The minimum atomic E-state index is 0.110. The summed E-state index contributed by atoms with van der Waals surface area (Å²) in [5, 5.41) is 3.01. The van der Waals surface area contributed by atoms with Gasteiger partial charge in [0.05, 0.1) is 5.75 Å². The van der Waals surface area contributed by atoms with E-state index < -0.39 is 0 Å². The number of carbonyl (C=O) groups is 1. The molecule has 0 aliphatic heterocycles. The van der Waals surface area contributed by atoms with Gasteiger partial charge in [0.15, 0.2) is 0 Å². The van der Waals surface area contributed by atoms with Gasteiger partial charge < -0.3 is 5.32 Å². The predicted molar refractivity (Wildman–Crippen MR) is 90.5 cm³/mol. The van der Waals surface area contributed by atoms with Crippen molar-refractivity contribution < 1.29 is 4.79 Å². The molecule has 0 aromatic heterocycles. The summed E-state index contributed by atoms with van der Waals surface area (Å²) in [7, 11) is 0. The SMILES string of the molecule is CC(CNC(=O)CSCc1ccccc1)c1ccccc1. The smallest absolute Gasteiger partial charge is 0.230 e. The minimum absolute atomic E-state index is 0.110. The van der Waals surface area contributed by atoms with Gasteiger partial charge in [-0.15, -0.1) is 11.8 Å². The van der Waals surface area contributed by atoms with E-state index in [1.165, 1.54) is 11.1 Å². The molecule has 1 unspecified atom stereocenters. The summed E-state index contributed by atoms with van der Waals surface area (Å²) in [5.41, 5.74) is 2.52. The molecule has 0 saturated carbocycles. The molecule has 2 nitrogen and oxygen atoms in total. The lowest BCUT2D eigenvalue weighted by molar-refractivity contribution is -0.118. The molecule has 0 aliphatic carbocycles. The average Bonchev–Trinajstić information content (AvgIpc) is 2.54. The molecular weight excluding hydrogens is 278 g/mol. The van der Waals surface area contributed by atoms with E-state index in [4.69, 9.17) is 0 Å². The molecule has 0 aliphatic rings. The lowest BCUT2D eigenvalue weighted by Gasteiger charge is -2.13. The van der Waals surface area contributed by atoms with Gasteiger partial charge in [-0.05, 0) is 17.0 Å². The largest absolute Gasteiger partial charge is 0.355 e. The molecule has 1 N–H and O–H groups in total. The van der Waals surface area contributed by atoms with Gasteiger partial charge in [0, 0.05) is 12.3 Å². The topological polar surface area (TPSA) is 29.1 Å². The Hall–Kier alpha value is -1.74. The zero-order valence-corrected chi connectivity index (χ0v) is 13.1. The van der Waals surface area contributed by atoms with Gasteiger partial charge in [-0.1, -0.05) is 67.6 Å². The fourth-order valence-corrected chi connectivity index (χ4v) is 2.87. The standard InChI is InChI=1S/C18H21NOS/c1-15(17-10-6-3-7-11-17)12-19-18(20)14-21-13-16-8-4-2-5-9-16/h2-11,15H,12-14H2,1H3,(H,19,20). The van der Waals surface area contributed by atoms with E-state index in [0.29, 0.717) is 18.2 Å². The second-order valence-electron chi connectivity index (χ2n) is 5.09. The van der Waals surface area contributed by atoms with Crippen molar-refractivity contribution in [1.29, 1.82) is 0 Å². The maximum absolute atomic E-state index is 11.8. The molecule has 0 bridgehead atoms. The van der Waals surface area contributed by atoms with Crippen molar-refractivity contribution in [2.24, 2.45) is 0 Å². The summed E-state index contributed by atoms with van der Waals surface area (Å²) in [4.78, 5) is 11.8. The predicted octanol–water partition coefficient (Wildman–Crippen LogP) is 3.84. The summed E-state index contributed by atoms with van der Waals surface area (Å²) in [6, 6.07) is 20.5. The van der Waals surface area contributed by atoms with Crippen molar-refractivity contribution in [3.63, 3.8) is 0 Å². The Morgan fingerprint density at radius 3 is 2.33 bits per heavy atom. The van der Waals surface area contributed by atoms with E-state index in [-0.39, 0.29) is 5.91 Å². The third-order valence-corrected chi connectivity index (χ3v) is 4.32. The van der Waals surface area contributed by atoms with Gasteiger partial charge in [0.25, 0.3) is 0 Å². The van der Waals surface area contributed by atoms with Crippen LogP contribution in [-0.2, 0) is 10.5 Å². The lowest BCUT2D eigenvalue weighted by atomic mass is 10.0. The van der Waals surface area contributed by atoms with Crippen LogP contribution in [0.2, 0.25) is 0 Å². The summed E-state index contributed by atoms with van der Waals surface area (Å²) >= 11 is 1.65. The van der Waals surface area contributed by atoms with Crippen LogP contribution in [0, 0.1) is 0 Å². The Morgan fingerprint density at radius 2 is 1.67 bits per heavy atom. The van der Waals surface area contributed by atoms with Gasteiger partial charge in [-0.2, -0.15) is 0 Å². The first-order valence-electron chi connectivity index (χ1n) is 7.19. The summed E-state index contributed by atoms with van der Waals surface area (Å²) in [6.07, 6.45) is 0. The van der Waals surface area contributed by atoms with Crippen LogP contribution >= 0.6 is 11.8 Å². The number of benzene rings is 2. The molecule has 0 heterocycles. The van der Waals surface area contributed by atoms with Crippen molar-refractivity contribution in [3.8, 4) is 0 Å². The zero-order valence-electron chi connectivity index (χ0n) is 12.3. The molecule has 0 spiro atoms. The van der Waals surface area contributed by atoms with E-state index in [1.807, 2.05) is 36.4 Å². The van der Waals surface area contributed by atoms with Crippen LogP contribution in [0.1, 0.15) is 24.0 Å². The first kappa shape index (κ1) is 15.6. The Kier molecular flexibility index (Phi) is 6.35. The van der Waals surface area contributed by atoms with Crippen molar-refractivity contribution in [2.75, 3.05) is 12.3 Å². The van der Waals surface area contributed by atoms with Crippen LogP contribution < -0.4 is 5.32 Å². The van der Waals surface area contributed by atoms with E-state index in [9.17, 15) is 4.79 Å². The summed E-state index contributed by atoms with van der Waals surface area (Å²) in [5.74, 6) is 1.84. The van der Waals surface area contributed by atoms with Gasteiger partial charge in [-0.3, -0.25) is 4.79 Å². The number of hydrogen-bond acceptors (Lipinski definition) is 2. The average molecular weight is 299 g/mol. The highest BCUT2D eigenvalue weighted by molar-refractivity contribution is 7.99. The third-order valence-electron chi connectivity index (χ3n) is 3.32. The second kappa shape index (κ2) is 8.53. The van der Waals surface area contributed by atoms with E-state index in [2.05, 4.69) is 36.5 Å². The molecule has 3 heteroatoms. The molecule has 110 valence electrons. The Balaban J connectivity index is 1.66. The molecule has 1 amide bonds. The molecule has 2 aromatic rings. The highest BCUT2D eigenvalue weighted by Crippen LogP contribution is 2.14. The molecule has 2 aromatic carbocycles. The van der Waals surface area contributed by atoms with Crippen molar-refractivity contribution >= 4 is 17.7 Å². The molecule has 0 saturated heterocycles. The number of carbonyl (C=O) groups excluding carboxylic acids is 1. The lowest BCUT2D eigenvalue weighted by Crippen LogP contribution is -2.29. The minimum Gasteiger partial charge on any atom is -0.355 e. The van der Waals surface area contributed by atoms with Crippen molar-refractivity contribution in [3.05, 3.63) is 71.8 Å². The van der Waals surface area contributed by atoms with Crippen LogP contribution in [-0.4, -0.2) is 18.2 Å². The van der Waals surface area contributed by atoms with E-state index in [1.54, 1.807) is 11.8 Å². The monoisotopic (exact) mass is 299 g/mol. The Morgan fingerprint density at radius 1 is 1.05 bits per heavy atom. The number of thioether (sulfide) groups is 1. The molecule has 0 radical (unpaired) electrons. The molecule has 21 heavy (non-hydrogen) atoms. The van der Waals surface area contributed by atoms with Crippen molar-refractivity contribution in [2.45, 2.75) is 18.6 Å². The maximum atomic E-state index is 11.8. The third kappa shape index (κ3) is 5.64. The van der Waals surface area contributed by atoms with Crippen LogP contribution in [0.5, 0.6) is 0 Å². The quantitative estimate of drug-likeness (QED) is 0.841. The fraction of sp³-hybridized carbons (Fsp3) is 0.278. The number of hydrogen-bond donors (Lipinski definition) is 1. The molecular formula is C18H21NOS. The first-order valence-corrected chi connectivity index (χ1v) is 8.34. The summed E-state index contributed by atoms with van der Waals surface area (Å²) < 4.78 is 0. The normalized spacial score (nSPS) is 11.9. The van der Waals surface area contributed by atoms with Crippen molar-refractivity contribution in [1.82, 2.24) is 5.32 Å². The van der Waals surface area contributed by atoms with Gasteiger partial charge in [-0.25, -0.2) is 0 Å². The number of rotatable bonds is 7. The van der Waals surface area contributed by atoms with Gasteiger partial charge in [0.2, 0.25) is 5.91 Å². The first-order chi connectivity index (χ1) is 10.3. The van der Waals surface area contributed by atoms with Gasteiger partial charge in [0.1, 0.15) is 0 Å². The summed E-state index contributed by atoms with van der Waals surface area (Å²) in [6.45, 7) is 2.82. The van der Waals surface area contributed by atoms with Gasteiger partial charge >= 0.3 is 0 Å². The number of amides is 1. The second-order valence-corrected chi connectivity index (χ2v) is 6.08.